The van der Waals surface area contributed by atoms with Crippen molar-refractivity contribution in [2.45, 2.75) is 83.6 Å². The first-order valence-electron chi connectivity index (χ1n) is 19.6. The van der Waals surface area contributed by atoms with Crippen LogP contribution in [0.15, 0.2) is 60.8 Å². The second-order valence-electron chi connectivity index (χ2n) is 15.9. The molecule has 16 nitrogen and oxygen atoms in total. The average molecular weight is 871 g/mol. The van der Waals surface area contributed by atoms with Gasteiger partial charge in [-0.05, 0) is 48.1 Å². The van der Waals surface area contributed by atoms with Gasteiger partial charge in [-0.15, -0.1) is 0 Å². The van der Waals surface area contributed by atoms with Gasteiger partial charge in [-0.2, -0.15) is 11.8 Å². The lowest BCUT2D eigenvalue weighted by molar-refractivity contribution is -0.148. The molecule has 1 saturated heterocycles. The highest BCUT2D eigenvalue weighted by molar-refractivity contribution is 7.99. The van der Waals surface area contributed by atoms with Crippen molar-refractivity contribution in [3.05, 3.63) is 83.7 Å². The first-order chi connectivity index (χ1) is 28.7. The lowest BCUT2D eigenvalue weighted by Gasteiger charge is -2.42. The fourth-order valence-corrected chi connectivity index (χ4v) is 8.17. The maximum atomic E-state index is 15.3. The third-order valence-corrected chi connectivity index (χ3v) is 11.1. The molecule has 1 fully saturated rings. The Hall–Kier alpha value is -5.82. The third kappa shape index (κ3) is 13.9. The van der Waals surface area contributed by atoms with Crippen LogP contribution in [0.2, 0.25) is 0 Å². The van der Waals surface area contributed by atoms with Crippen LogP contribution in [-0.2, 0) is 40.1 Å². The molecule has 330 valence electrons. The van der Waals surface area contributed by atoms with Crippen LogP contribution in [0.3, 0.4) is 0 Å². The lowest BCUT2D eigenvalue weighted by Crippen LogP contribution is -2.54. The molecule has 0 aliphatic carbocycles. The molecule has 19 heteroatoms. The topological polar surface area (TPSA) is 250 Å². The zero-order chi connectivity index (χ0) is 45.0. The standard InChI is InChI=1S/C42H52F2N6O10S/c1-42(2,3)38(33-17-25(27-18-26(43)9-10-29(27)44)22-49(33)21-24-7-5-4-6-8-24)50-15-12-30(47-32(41(59)60)20-34(45)51)28(39(55)56)19-31(40(57)58)48-36(53)11-14-46-35(52)13-16-61-23-37(50)54/h4-10,17-18,22,28,30-32,38,47H,11-16,19-21,23H2,1-3H3,(H2,45,51)(H,46,52)(H,48,53)(H,55,56)(H,57,58)(H,59,60)/t28?,30?,31-,32-,38-/m0/s1. The number of nitrogens with one attached hydrogen (secondary N) is 3. The summed E-state index contributed by atoms with van der Waals surface area (Å²) in [7, 11) is 0. The van der Waals surface area contributed by atoms with E-state index in [9.17, 15) is 53.3 Å². The van der Waals surface area contributed by atoms with E-state index in [1.807, 2.05) is 55.7 Å². The minimum Gasteiger partial charge on any atom is -0.481 e. The molecule has 1 aliphatic rings. The van der Waals surface area contributed by atoms with E-state index in [1.54, 1.807) is 12.3 Å². The van der Waals surface area contributed by atoms with Crippen LogP contribution in [0.25, 0.3) is 11.1 Å². The number of aliphatic carboxylic acids is 3. The highest BCUT2D eigenvalue weighted by Gasteiger charge is 2.41. The van der Waals surface area contributed by atoms with Crippen molar-refractivity contribution in [2.75, 3.05) is 24.6 Å². The summed E-state index contributed by atoms with van der Waals surface area (Å²) < 4.78 is 31.7. The number of benzene rings is 2. The van der Waals surface area contributed by atoms with Gasteiger partial charge in [0.25, 0.3) is 0 Å². The zero-order valence-corrected chi connectivity index (χ0v) is 34.9. The van der Waals surface area contributed by atoms with Gasteiger partial charge in [-0.1, -0.05) is 51.1 Å². The maximum Gasteiger partial charge on any atom is 0.326 e. The molecule has 3 aromatic rings. The predicted molar refractivity (Wildman–Crippen MR) is 221 cm³/mol. The Bertz CT molecular complexity index is 2080. The van der Waals surface area contributed by atoms with Crippen LogP contribution in [0.4, 0.5) is 8.78 Å². The van der Waals surface area contributed by atoms with Gasteiger partial charge in [0.05, 0.1) is 24.1 Å². The van der Waals surface area contributed by atoms with Crippen molar-refractivity contribution in [3.8, 4) is 11.1 Å². The van der Waals surface area contributed by atoms with Gasteiger partial charge in [0.2, 0.25) is 23.6 Å². The monoisotopic (exact) mass is 870 g/mol. The number of nitrogens with zero attached hydrogens (tertiary/aromatic N) is 2. The Morgan fingerprint density at radius 1 is 0.967 bits per heavy atom. The number of nitrogens with two attached hydrogens (primary N) is 1. The maximum absolute atomic E-state index is 15.3. The third-order valence-electron chi connectivity index (χ3n) is 10.2. The molecule has 0 radical (unpaired) electrons. The number of aromatic nitrogens is 1. The van der Waals surface area contributed by atoms with Gasteiger partial charge < -0.3 is 46.5 Å². The molecule has 0 bridgehead atoms. The summed E-state index contributed by atoms with van der Waals surface area (Å²) in [4.78, 5) is 91.3. The van der Waals surface area contributed by atoms with E-state index in [0.29, 0.717) is 11.3 Å². The predicted octanol–water partition coefficient (Wildman–Crippen LogP) is 3.38. The van der Waals surface area contributed by atoms with Gasteiger partial charge in [-0.3, -0.25) is 28.8 Å². The average Bonchev–Trinajstić information content (AvgIpc) is 3.57. The van der Waals surface area contributed by atoms with Crippen molar-refractivity contribution in [1.82, 2.24) is 25.4 Å². The quantitative estimate of drug-likeness (QED) is 0.138. The number of halogens is 2. The molecule has 8 N–H and O–H groups in total. The molecule has 61 heavy (non-hydrogen) atoms. The van der Waals surface area contributed by atoms with Crippen LogP contribution >= 0.6 is 11.8 Å². The highest BCUT2D eigenvalue weighted by atomic mass is 32.2. The molecular weight excluding hydrogens is 819 g/mol. The van der Waals surface area contributed by atoms with Crippen molar-refractivity contribution in [3.63, 3.8) is 0 Å². The van der Waals surface area contributed by atoms with Crippen molar-refractivity contribution < 1.29 is 57.7 Å². The van der Waals surface area contributed by atoms with E-state index < -0.39 is 102 Å². The minimum absolute atomic E-state index is 0.0226. The molecule has 5 atom stereocenters. The van der Waals surface area contributed by atoms with E-state index in [4.69, 9.17) is 5.73 Å². The van der Waals surface area contributed by atoms with Crippen LogP contribution < -0.4 is 21.7 Å². The first kappa shape index (κ1) is 47.9. The second-order valence-corrected chi connectivity index (χ2v) is 17.0. The van der Waals surface area contributed by atoms with Crippen LogP contribution in [0, 0.1) is 23.0 Å². The van der Waals surface area contributed by atoms with Gasteiger partial charge in [0.1, 0.15) is 23.7 Å². The van der Waals surface area contributed by atoms with Crippen LogP contribution in [0.1, 0.15) is 70.2 Å². The smallest absolute Gasteiger partial charge is 0.326 e. The normalized spacial score (nSPS) is 20.0. The first-order valence-corrected chi connectivity index (χ1v) is 20.8. The molecule has 1 aromatic heterocycles. The number of hydrogen-bond acceptors (Lipinski definition) is 9. The summed E-state index contributed by atoms with van der Waals surface area (Å²) in [6.45, 7) is 5.33. The van der Waals surface area contributed by atoms with E-state index in [2.05, 4.69) is 16.0 Å². The van der Waals surface area contributed by atoms with Gasteiger partial charge in [-0.25, -0.2) is 13.6 Å². The molecule has 0 spiro atoms. The summed E-state index contributed by atoms with van der Waals surface area (Å²) in [6, 6.07) is 8.09. The Kier molecular flexibility index (Phi) is 17.0. The number of carbonyl (C=O) groups is 7. The van der Waals surface area contributed by atoms with Crippen LogP contribution in [-0.4, -0.2) is 109 Å². The fraction of sp³-hybridized carbons (Fsp3) is 0.452. The Balaban J connectivity index is 1.92. The number of carboxylic acids is 3. The molecule has 2 heterocycles. The number of hydrogen-bond donors (Lipinski definition) is 7. The summed E-state index contributed by atoms with van der Waals surface area (Å²) >= 11 is 1.15. The SMILES string of the molecule is CC(C)(C)[C@H](c1cc(-c2cc(F)ccc2F)cn1Cc1ccccc1)N1CCC(N[C@@H](CC(N)=O)C(=O)O)C(C(=O)O)C[C@@H](C(=O)O)NC(=O)CCNC(=O)CCSCC1=O. The highest BCUT2D eigenvalue weighted by Crippen LogP contribution is 2.42. The van der Waals surface area contributed by atoms with E-state index in [-0.39, 0.29) is 56.0 Å². The summed E-state index contributed by atoms with van der Waals surface area (Å²) in [5.74, 6) is -10.5. The molecule has 4 rings (SSSR count). The molecule has 2 unspecified atom stereocenters. The number of primary amides is 1. The Morgan fingerprint density at radius 2 is 1.67 bits per heavy atom. The molecule has 4 amide bonds. The van der Waals surface area contributed by atoms with E-state index >= 15 is 4.39 Å². The van der Waals surface area contributed by atoms with E-state index in [1.165, 1.54) is 4.90 Å². The fourth-order valence-electron chi connectivity index (χ4n) is 7.36. The molecule has 1 aliphatic heterocycles. The van der Waals surface area contributed by atoms with E-state index in [0.717, 1.165) is 35.5 Å². The summed E-state index contributed by atoms with van der Waals surface area (Å²) in [6.07, 6.45) is -0.548. The summed E-state index contributed by atoms with van der Waals surface area (Å²) in [5.41, 5.74) is 6.09. The van der Waals surface area contributed by atoms with Crippen LogP contribution in [0.5, 0.6) is 0 Å². The van der Waals surface area contributed by atoms with Crippen molar-refractivity contribution >= 4 is 53.3 Å². The van der Waals surface area contributed by atoms with Gasteiger partial charge in [0, 0.05) is 67.3 Å². The van der Waals surface area contributed by atoms with Gasteiger partial charge >= 0.3 is 17.9 Å². The zero-order valence-electron chi connectivity index (χ0n) is 34.1. The molecule has 0 saturated carbocycles. The number of amides is 4. The Labute approximate surface area is 355 Å². The number of rotatable bonds is 12. The number of carbonyl (C=O) groups excluding carboxylic acids is 4. The lowest BCUT2D eigenvalue weighted by atomic mass is 9.82. The number of thioether (sulfide) groups is 1. The van der Waals surface area contributed by atoms with Crippen molar-refractivity contribution in [2.24, 2.45) is 17.1 Å². The molecular formula is C42H52F2N6O10S. The number of carboxylic acid groups (broad SMARTS) is 3. The molecule has 2 aromatic carbocycles. The second kappa shape index (κ2) is 21.6. The van der Waals surface area contributed by atoms with Gasteiger partial charge in [0.15, 0.2) is 0 Å². The summed E-state index contributed by atoms with van der Waals surface area (Å²) in [5, 5.41) is 38.3. The Morgan fingerprint density at radius 3 is 2.30 bits per heavy atom. The minimum atomic E-state index is -1.79. The van der Waals surface area contributed by atoms with Crippen molar-refractivity contribution in [1.29, 1.82) is 0 Å². The largest absolute Gasteiger partial charge is 0.481 e.